The average Bonchev–Trinajstić information content (AvgIpc) is 2.60. The van der Waals surface area contributed by atoms with E-state index in [4.69, 9.17) is 10.8 Å². The summed E-state index contributed by atoms with van der Waals surface area (Å²) in [6.07, 6.45) is -1.73. The lowest BCUT2D eigenvalue weighted by Gasteiger charge is -2.17. The SMILES string of the molecule is NCC(=O)NC(CCC(=O)NC(CCC(=O)OF)C(=O)SF)C(=O)O. The molecule has 0 bridgehead atoms. The van der Waals surface area contributed by atoms with Gasteiger partial charge in [-0.3, -0.25) is 19.3 Å². The van der Waals surface area contributed by atoms with Crippen LogP contribution in [0.3, 0.4) is 0 Å². The quantitative estimate of drug-likeness (QED) is 0.354. The van der Waals surface area contributed by atoms with Gasteiger partial charge in [0.25, 0.3) is 0 Å². The molecule has 0 aliphatic rings. The van der Waals surface area contributed by atoms with E-state index in [0.29, 0.717) is 0 Å². The number of carboxylic acid groups (broad SMARTS) is 1. The minimum atomic E-state index is -1.43. The second kappa shape index (κ2) is 12.1. The standard InChI is InChI=1S/C12H17F2N3O7S/c13-24-10(20)4-2-7(12(23)25-14)17-8(18)3-1-6(11(21)22)16-9(19)5-15/h6-7H,1-5,15H2,(H,16,19)(H,17,18)(H,21,22). The van der Waals surface area contributed by atoms with Crippen LogP contribution in [-0.2, 0) is 28.9 Å². The normalized spacial score (nSPS) is 12.6. The van der Waals surface area contributed by atoms with E-state index >= 15 is 0 Å². The average molecular weight is 385 g/mol. The molecule has 25 heavy (non-hydrogen) atoms. The highest BCUT2D eigenvalue weighted by Crippen LogP contribution is 2.12. The van der Waals surface area contributed by atoms with E-state index in [1.165, 1.54) is 0 Å². The number of carboxylic acids is 1. The molecule has 0 aromatic rings. The molecule has 0 aliphatic heterocycles. The molecule has 0 heterocycles. The predicted molar refractivity (Wildman–Crippen MR) is 79.9 cm³/mol. The van der Waals surface area contributed by atoms with Crippen molar-refractivity contribution in [2.24, 2.45) is 5.73 Å². The molecule has 0 rings (SSSR count). The Morgan fingerprint density at radius 1 is 1.04 bits per heavy atom. The first-order valence-corrected chi connectivity index (χ1v) is 7.62. The zero-order chi connectivity index (χ0) is 19.4. The predicted octanol–water partition coefficient (Wildman–Crippen LogP) is -0.868. The summed E-state index contributed by atoms with van der Waals surface area (Å²) in [5.41, 5.74) is 5.04. The van der Waals surface area contributed by atoms with Gasteiger partial charge in [-0.1, -0.05) is 0 Å². The van der Waals surface area contributed by atoms with Crippen molar-refractivity contribution in [3.63, 3.8) is 0 Å². The Balaban J connectivity index is 4.62. The van der Waals surface area contributed by atoms with E-state index in [1.54, 1.807) is 0 Å². The van der Waals surface area contributed by atoms with Crippen molar-refractivity contribution in [3.8, 4) is 0 Å². The van der Waals surface area contributed by atoms with E-state index < -0.39 is 78.9 Å². The van der Waals surface area contributed by atoms with Crippen LogP contribution in [0.25, 0.3) is 0 Å². The molecule has 5 N–H and O–H groups in total. The largest absolute Gasteiger partial charge is 0.480 e. The summed E-state index contributed by atoms with van der Waals surface area (Å²) in [7, 11) is 0. The molecule has 2 amide bonds. The maximum atomic E-state index is 12.4. The van der Waals surface area contributed by atoms with E-state index in [2.05, 4.69) is 15.6 Å². The molecule has 13 heteroatoms. The van der Waals surface area contributed by atoms with Gasteiger partial charge in [0.1, 0.15) is 24.2 Å². The Hall–Kier alpha value is -2.28. The van der Waals surface area contributed by atoms with Crippen LogP contribution in [0.5, 0.6) is 0 Å². The summed E-state index contributed by atoms with van der Waals surface area (Å²) in [6.45, 7) is -0.440. The maximum Gasteiger partial charge on any atom is 0.348 e. The molecule has 0 saturated heterocycles. The summed E-state index contributed by atoms with van der Waals surface area (Å²) < 4.78 is 24.0. The van der Waals surface area contributed by atoms with Gasteiger partial charge in [-0.05, 0) is 12.8 Å². The minimum absolute atomic E-state index is 0.316. The van der Waals surface area contributed by atoms with E-state index in [0.717, 1.165) is 0 Å². The second-order valence-corrected chi connectivity index (χ2v) is 5.26. The van der Waals surface area contributed by atoms with Crippen molar-refractivity contribution in [2.75, 3.05) is 6.54 Å². The fraction of sp³-hybridized carbons (Fsp3) is 0.583. The summed E-state index contributed by atoms with van der Waals surface area (Å²) in [5.74, 6) is -4.26. The fourth-order valence-corrected chi connectivity index (χ4v) is 1.94. The number of halogens is 2. The van der Waals surface area contributed by atoms with Crippen LogP contribution in [0, 0.1) is 0 Å². The van der Waals surface area contributed by atoms with Crippen molar-refractivity contribution in [1.82, 2.24) is 10.6 Å². The Morgan fingerprint density at radius 2 is 1.60 bits per heavy atom. The first-order valence-electron chi connectivity index (χ1n) is 6.90. The van der Waals surface area contributed by atoms with Gasteiger partial charge >= 0.3 is 11.9 Å². The van der Waals surface area contributed by atoms with Gasteiger partial charge in [0.15, 0.2) is 0 Å². The molecule has 0 saturated carbocycles. The third-order valence-corrected chi connectivity index (χ3v) is 3.33. The first kappa shape index (κ1) is 22.7. The van der Waals surface area contributed by atoms with Crippen LogP contribution in [0.2, 0.25) is 0 Å². The van der Waals surface area contributed by atoms with Crippen LogP contribution >= 0.6 is 12.1 Å². The number of amides is 2. The van der Waals surface area contributed by atoms with E-state index in [1.807, 2.05) is 0 Å². The summed E-state index contributed by atoms with van der Waals surface area (Å²) in [6, 6.07) is -2.81. The number of nitrogens with two attached hydrogens (primary N) is 1. The van der Waals surface area contributed by atoms with Crippen molar-refractivity contribution < 1.29 is 42.4 Å². The topological polar surface area (TPSA) is 165 Å². The highest BCUT2D eigenvalue weighted by molar-refractivity contribution is 8.09. The number of hydrogen-bond acceptors (Lipinski definition) is 8. The summed E-state index contributed by atoms with van der Waals surface area (Å²) in [4.78, 5) is 58.7. The number of carbonyl (C=O) groups excluding carboxylic acids is 4. The third kappa shape index (κ3) is 9.56. The van der Waals surface area contributed by atoms with Gasteiger partial charge < -0.3 is 21.5 Å². The smallest absolute Gasteiger partial charge is 0.348 e. The molecule has 10 nitrogen and oxygen atoms in total. The van der Waals surface area contributed by atoms with Crippen LogP contribution in [-0.4, -0.2) is 52.6 Å². The summed E-state index contributed by atoms with van der Waals surface area (Å²) in [5, 5.41) is 12.0. The molecule has 0 spiro atoms. The fourth-order valence-electron chi connectivity index (χ4n) is 1.66. The van der Waals surface area contributed by atoms with E-state index in [-0.39, 0.29) is 6.42 Å². The Kier molecular flexibility index (Phi) is 11.0. The maximum absolute atomic E-state index is 12.4. The van der Waals surface area contributed by atoms with Crippen molar-refractivity contribution in [2.45, 2.75) is 37.8 Å². The van der Waals surface area contributed by atoms with Gasteiger partial charge in [-0.15, -0.1) is 0 Å². The molecule has 0 fully saturated rings. The number of rotatable bonds is 11. The molecular weight excluding hydrogens is 368 g/mol. The van der Waals surface area contributed by atoms with Gasteiger partial charge in [0.2, 0.25) is 16.9 Å². The number of carbonyl (C=O) groups is 5. The minimum Gasteiger partial charge on any atom is -0.480 e. The molecule has 142 valence electrons. The summed E-state index contributed by atoms with van der Waals surface area (Å²) >= 11 is -0.690. The zero-order valence-electron chi connectivity index (χ0n) is 12.8. The third-order valence-electron chi connectivity index (χ3n) is 2.90. The lowest BCUT2D eigenvalue weighted by atomic mass is 10.1. The monoisotopic (exact) mass is 385 g/mol. The Morgan fingerprint density at radius 3 is 2.08 bits per heavy atom. The second-order valence-electron chi connectivity index (χ2n) is 4.71. The molecule has 0 radical (unpaired) electrons. The zero-order valence-corrected chi connectivity index (χ0v) is 13.6. The molecule has 0 aliphatic carbocycles. The highest BCUT2D eigenvalue weighted by atomic mass is 32.2. The van der Waals surface area contributed by atoms with Gasteiger partial charge in [0.05, 0.1) is 13.0 Å². The number of hydrogen-bond donors (Lipinski definition) is 4. The van der Waals surface area contributed by atoms with E-state index in [9.17, 15) is 32.4 Å². The highest BCUT2D eigenvalue weighted by Gasteiger charge is 2.25. The lowest BCUT2D eigenvalue weighted by Crippen LogP contribution is -2.45. The Labute approximate surface area is 145 Å². The van der Waals surface area contributed by atoms with Gasteiger partial charge in [-0.2, -0.15) is 3.89 Å². The van der Waals surface area contributed by atoms with Crippen LogP contribution in [0.15, 0.2) is 0 Å². The van der Waals surface area contributed by atoms with Crippen molar-refractivity contribution >= 4 is 41.0 Å². The van der Waals surface area contributed by atoms with Crippen LogP contribution in [0.1, 0.15) is 25.7 Å². The van der Waals surface area contributed by atoms with Crippen molar-refractivity contribution in [3.05, 3.63) is 0 Å². The first-order chi connectivity index (χ1) is 11.7. The van der Waals surface area contributed by atoms with Crippen LogP contribution < -0.4 is 16.4 Å². The number of aliphatic carboxylic acids is 1. The molecule has 0 aromatic heterocycles. The molecule has 2 atom stereocenters. The van der Waals surface area contributed by atoms with Crippen LogP contribution in [0.4, 0.5) is 8.41 Å². The molecule has 0 aromatic carbocycles. The molecular formula is C12H17F2N3O7S. The van der Waals surface area contributed by atoms with Gasteiger partial charge in [-0.25, -0.2) is 9.59 Å². The van der Waals surface area contributed by atoms with Crippen molar-refractivity contribution in [1.29, 1.82) is 0 Å². The Bertz CT molecular complexity index is 521. The lowest BCUT2D eigenvalue weighted by molar-refractivity contribution is -0.183. The number of nitrogens with one attached hydrogen (secondary N) is 2. The molecule has 2 unspecified atom stereocenters. The van der Waals surface area contributed by atoms with Gasteiger partial charge in [0, 0.05) is 10.9 Å².